The van der Waals surface area contributed by atoms with Crippen molar-refractivity contribution in [2.75, 3.05) is 11.1 Å². The molecule has 0 aliphatic carbocycles. The van der Waals surface area contributed by atoms with Crippen molar-refractivity contribution < 1.29 is 18.3 Å². The van der Waals surface area contributed by atoms with E-state index in [1.807, 2.05) is 4.57 Å². The van der Waals surface area contributed by atoms with Gasteiger partial charge in [0.25, 0.3) is 0 Å². The highest BCUT2D eigenvalue weighted by Gasteiger charge is 2.15. The van der Waals surface area contributed by atoms with Gasteiger partial charge in [0.1, 0.15) is 12.4 Å². The van der Waals surface area contributed by atoms with Crippen LogP contribution < -0.4 is 10.1 Å². The van der Waals surface area contributed by atoms with Gasteiger partial charge in [-0.05, 0) is 36.8 Å². The maximum absolute atomic E-state index is 13.9. The average Bonchev–Trinajstić information content (AvgIpc) is 3.16. The molecule has 0 bridgehead atoms. The van der Waals surface area contributed by atoms with Crippen LogP contribution in [0.2, 0.25) is 0 Å². The third-order valence-corrected chi connectivity index (χ3v) is 5.63. The van der Waals surface area contributed by atoms with Crippen molar-refractivity contribution >= 4 is 23.4 Å². The highest BCUT2D eigenvalue weighted by molar-refractivity contribution is 7.99. The summed E-state index contributed by atoms with van der Waals surface area (Å²) < 4.78 is 34.7. The fourth-order valence-corrected chi connectivity index (χ4v) is 3.83. The molecule has 3 aromatic rings. The summed E-state index contributed by atoms with van der Waals surface area (Å²) in [7, 11) is 0. The lowest BCUT2D eigenvalue weighted by Gasteiger charge is -2.11. The zero-order valence-electron chi connectivity index (χ0n) is 17.9. The van der Waals surface area contributed by atoms with Gasteiger partial charge in [-0.15, -0.1) is 10.2 Å². The molecule has 0 spiro atoms. The van der Waals surface area contributed by atoms with Gasteiger partial charge in [0.05, 0.1) is 5.75 Å². The molecule has 0 fully saturated rings. The Morgan fingerprint density at radius 2 is 1.94 bits per heavy atom. The smallest absolute Gasteiger partial charge is 0.234 e. The molecule has 170 valence electrons. The van der Waals surface area contributed by atoms with E-state index in [1.165, 1.54) is 36.0 Å². The number of carbonyl (C=O) groups is 1. The van der Waals surface area contributed by atoms with Crippen LogP contribution in [-0.2, 0) is 17.9 Å². The Balaban J connectivity index is 1.64. The Morgan fingerprint density at radius 3 is 2.72 bits per heavy atom. The molecule has 9 heteroatoms. The minimum Gasteiger partial charge on any atom is -0.483 e. The number of nitrogens with zero attached hydrogens (tertiary/aromatic N) is 3. The summed E-state index contributed by atoms with van der Waals surface area (Å²) >= 11 is 1.24. The predicted octanol–water partition coefficient (Wildman–Crippen LogP) is 5.45. The molecular formula is C23H26F2N4O2S. The summed E-state index contributed by atoms with van der Waals surface area (Å²) in [4.78, 5) is 12.3. The predicted molar refractivity (Wildman–Crippen MR) is 121 cm³/mol. The van der Waals surface area contributed by atoms with E-state index in [0.717, 1.165) is 25.7 Å². The van der Waals surface area contributed by atoms with E-state index in [2.05, 4.69) is 22.4 Å². The molecule has 0 saturated carbocycles. The van der Waals surface area contributed by atoms with Crippen molar-refractivity contribution in [2.24, 2.45) is 0 Å². The van der Waals surface area contributed by atoms with Crippen molar-refractivity contribution in [1.29, 1.82) is 0 Å². The van der Waals surface area contributed by atoms with Crippen LogP contribution in [0.15, 0.2) is 53.7 Å². The lowest BCUT2D eigenvalue weighted by molar-refractivity contribution is -0.113. The van der Waals surface area contributed by atoms with Gasteiger partial charge in [-0.3, -0.25) is 4.79 Å². The number of aromatic nitrogens is 3. The highest BCUT2D eigenvalue weighted by atomic mass is 32.2. The first-order chi connectivity index (χ1) is 15.6. The van der Waals surface area contributed by atoms with E-state index in [9.17, 15) is 13.6 Å². The zero-order chi connectivity index (χ0) is 22.8. The molecule has 0 atom stereocenters. The number of halogens is 2. The van der Waals surface area contributed by atoms with Crippen LogP contribution in [0.5, 0.6) is 5.75 Å². The summed E-state index contributed by atoms with van der Waals surface area (Å²) in [6.45, 7) is 2.89. The van der Waals surface area contributed by atoms with Crippen molar-refractivity contribution in [1.82, 2.24) is 14.8 Å². The molecule has 0 aliphatic rings. The minimum atomic E-state index is -0.440. The maximum atomic E-state index is 13.9. The summed E-state index contributed by atoms with van der Waals surface area (Å²) in [5, 5.41) is 11.7. The number of hydrogen-bond donors (Lipinski definition) is 1. The number of thioether (sulfide) groups is 1. The molecule has 1 amide bonds. The standard InChI is InChI=1S/C23H26F2N4O2S/c1-2-3-4-7-13-29-21(15-31-20-12-6-5-11-19(20)25)27-28-23(29)32-16-22(30)26-18-10-8-9-17(24)14-18/h5-6,8-12,14H,2-4,7,13,15-16H2,1H3,(H,26,30). The number of amides is 1. The van der Waals surface area contributed by atoms with Crippen LogP contribution in [0.1, 0.15) is 38.4 Å². The van der Waals surface area contributed by atoms with Crippen LogP contribution in [0.4, 0.5) is 14.5 Å². The van der Waals surface area contributed by atoms with Gasteiger partial charge in [0.2, 0.25) is 5.91 Å². The number of rotatable bonds is 12. The molecule has 0 radical (unpaired) electrons. The van der Waals surface area contributed by atoms with Gasteiger partial charge >= 0.3 is 0 Å². The molecular weight excluding hydrogens is 434 g/mol. The topological polar surface area (TPSA) is 69.0 Å². The largest absolute Gasteiger partial charge is 0.483 e. The molecule has 1 heterocycles. The maximum Gasteiger partial charge on any atom is 0.234 e. The lowest BCUT2D eigenvalue weighted by atomic mass is 10.2. The van der Waals surface area contributed by atoms with E-state index in [1.54, 1.807) is 24.3 Å². The normalized spacial score (nSPS) is 10.8. The number of anilines is 1. The quantitative estimate of drug-likeness (QED) is 0.288. The third-order valence-electron chi connectivity index (χ3n) is 4.66. The Kier molecular flexibility index (Phi) is 9.03. The zero-order valence-corrected chi connectivity index (χ0v) is 18.7. The lowest BCUT2D eigenvalue weighted by Crippen LogP contribution is -2.15. The first kappa shape index (κ1) is 23.7. The Labute approximate surface area is 190 Å². The third kappa shape index (κ3) is 7.05. The van der Waals surface area contributed by atoms with E-state index in [4.69, 9.17) is 4.74 Å². The molecule has 2 aromatic carbocycles. The van der Waals surface area contributed by atoms with Crippen molar-refractivity contribution in [3.8, 4) is 5.75 Å². The Morgan fingerprint density at radius 1 is 1.09 bits per heavy atom. The Bertz CT molecular complexity index is 1030. The molecule has 1 aromatic heterocycles. The van der Waals surface area contributed by atoms with Gasteiger partial charge in [0.15, 0.2) is 22.5 Å². The Hall–Kier alpha value is -2.94. The molecule has 6 nitrogen and oxygen atoms in total. The summed E-state index contributed by atoms with van der Waals surface area (Å²) in [5.74, 6) is -0.315. The van der Waals surface area contributed by atoms with E-state index < -0.39 is 11.6 Å². The second kappa shape index (κ2) is 12.2. The van der Waals surface area contributed by atoms with Crippen LogP contribution in [0.25, 0.3) is 0 Å². The number of benzene rings is 2. The van der Waals surface area contributed by atoms with Gasteiger partial charge in [-0.25, -0.2) is 8.78 Å². The van der Waals surface area contributed by atoms with Gasteiger partial charge in [-0.1, -0.05) is 56.1 Å². The second-order valence-electron chi connectivity index (χ2n) is 7.18. The number of para-hydroxylation sites is 1. The summed E-state index contributed by atoms with van der Waals surface area (Å²) in [6, 6.07) is 11.9. The van der Waals surface area contributed by atoms with Gasteiger partial charge in [-0.2, -0.15) is 0 Å². The number of unbranched alkanes of at least 4 members (excludes halogenated alkanes) is 3. The number of ether oxygens (including phenoxy) is 1. The second-order valence-corrected chi connectivity index (χ2v) is 8.12. The number of nitrogens with one attached hydrogen (secondary N) is 1. The highest BCUT2D eigenvalue weighted by Crippen LogP contribution is 2.21. The fourth-order valence-electron chi connectivity index (χ4n) is 3.05. The number of carbonyl (C=O) groups excluding carboxylic acids is 1. The van der Waals surface area contributed by atoms with Gasteiger partial charge < -0.3 is 14.6 Å². The van der Waals surface area contributed by atoms with Crippen molar-refractivity contribution in [3.63, 3.8) is 0 Å². The van der Waals surface area contributed by atoms with Crippen LogP contribution >= 0.6 is 11.8 Å². The van der Waals surface area contributed by atoms with Gasteiger partial charge in [0, 0.05) is 12.2 Å². The first-order valence-corrected chi connectivity index (χ1v) is 11.5. The molecule has 32 heavy (non-hydrogen) atoms. The number of hydrogen-bond acceptors (Lipinski definition) is 5. The molecule has 0 aliphatic heterocycles. The van der Waals surface area contributed by atoms with Crippen LogP contribution in [0, 0.1) is 11.6 Å². The summed E-state index contributed by atoms with van der Waals surface area (Å²) in [5.41, 5.74) is 0.399. The van der Waals surface area contributed by atoms with E-state index in [-0.39, 0.29) is 24.0 Å². The van der Waals surface area contributed by atoms with Crippen molar-refractivity contribution in [2.45, 2.75) is 50.9 Å². The van der Waals surface area contributed by atoms with Crippen LogP contribution in [-0.4, -0.2) is 26.4 Å². The molecule has 1 N–H and O–H groups in total. The SMILES string of the molecule is CCCCCCn1c(COc2ccccc2F)nnc1SCC(=O)Nc1cccc(F)c1. The fraction of sp³-hybridized carbons (Fsp3) is 0.348. The average molecular weight is 461 g/mol. The van der Waals surface area contributed by atoms with E-state index in [0.29, 0.717) is 23.2 Å². The van der Waals surface area contributed by atoms with E-state index >= 15 is 0 Å². The molecule has 3 rings (SSSR count). The monoisotopic (exact) mass is 460 g/mol. The van der Waals surface area contributed by atoms with Crippen LogP contribution in [0.3, 0.4) is 0 Å². The molecule has 0 saturated heterocycles. The minimum absolute atomic E-state index is 0.0672. The first-order valence-electron chi connectivity index (χ1n) is 10.5. The molecule has 0 unspecified atom stereocenters. The van der Waals surface area contributed by atoms with Crippen molar-refractivity contribution in [3.05, 3.63) is 66.0 Å². The summed E-state index contributed by atoms with van der Waals surface area (Å²) in [6.07, 6.45) is 4.24.